The molecule has 1 aromatic heterocycles. The van der Waals surface area contributed by atoms with E-state index < -0.39 is 11.4 Å². The molecule has 0 bridgehead atoms. The summed E-state index contributed by atoms with van der Waals surface area (Å²) in [6, 6.07) is 9.84. The molecule has 4 nitrogen and oxygen atoms in total. The van der Waals surface area contributed by atoms with E-state index in [1.807, 2.05) is 43.5 Å². The zero-order chi connectivity index (χ0) is 14.2. The number of hydrogen-bond donors (Lipinski definition) is 1. The molecule has 3 rings (SSSR count). The first-order valence-corrected chi connectivity index (χ1v) is 6.92. The van der Waals surface area contributed by atoms with Gasteiger partial charge in [-0.2, -0.15) is 5.10 Å². The Kier molecular flexibility index (Phi) is 3.08. The Morgan fingerprint density at radius 2 is 2.10 bits per heavy atom. The number of hydrogen-bond acceptors (Lipinski definition) is 2. The van der Waals surface area contributed by atoms with Crippen LogP contribution in [0.2, 0.25) is 0 Å². The lowest BCUT2D eigenvalue weighted by atomic mass is 9.80. The maximum atomic E-state index is 11.6. The summed E-state index contributed by atoms with van der Waals surface area (Å²) in [4.78, 5) is 11.6. The summed E-state index contributed by atoms with van der Waals surface area (Å²) in [7, 11) is 0. The fraction of sp³-hybridized carbons (Fsp3) is 0.375. The first kappa shape index (κ1) is 12.9. The number of para-hydroxylation sites is 1. The minimum absolute atomic E-state index is 0.306. The van der Waals surface area contributed by atoms with Gasteiger partial charge in [0.1, 0.15) is 0 Å². The molecule has 1 heterocycles. The van der Waals surface area contributed by atoms with Crippen molar-refractivity contribution >= 4 is 5.97 Å². The van der Waals surface area contributed by atoms with Gasteiger partial charge < -0.3 is 5.11 Å². The van der Waals surface area contributed by atoms with Gasteiger partial charge in [0.05, 0.1) is 17.3 Å². The number of nitrogens with zero attached hydrogens (tertiary/aromatic N) is 2. The molecule has 1 aromatic carbocycles. The summed E-state index contributed by atoms with van der Waals surface area (Å²) in [5.74, 6) is -0.396. The van der Waals surface area contributed by atoms with Crippen molar-refractivity contribution in [2.45, 2.75) is 26.2 Å². The highest BCUT2D eigenvalue weighted by molar-refractivity contribution is 5.75. The van der Waals surface area contributed by atoms with Crippen LogP contribution in [-0.4, -0.2) is 20.9 Å². The number of rotatable bonds is 5. The van der Waals surface area contributed by atoms with Crippen LogP contribution < -0.4 is 0 Å². The lowest BCUT2D eigenvalue weighted by Gasteiger charge is -2.23. The molecule has 104 valence electrons. The minimum atomic E-state index is -0.701. The largest absolute Gasteiger partial charge is 0.481 e. The molecule has 0 amide bonds. The molecule has 1 unspecified atom stereocenters. The third-order valence-electron chi connectivity index (χ3n) is 4.20. The Labute approximate surface area is 118 Å². The monoisotopic (exact) mass is 270 g/mol. The Morgan fingerprint density at radius 1 is 1.40 bits per heavy atom. The molecule has 0 radical (unpaired) electrons. The number of benzene rings is 1. The smallest absolute Gasteiger partial charge is 0.309 e. The van der Waals surface area contributed by atoms with E-state index in [-0.39, 0.29) is 0 Å². The van der Waals surface area contributed by atoms with E-state index in [1.165, 1.54) is 0 Å². The van der Waals surface area contributed by atoms with E-state index in [9.17, 15) is 9.90 Å². The van der Waals surface area contributed by atoms with E-state index in [0.29, 0.717) is 12.3 Å². The van der Waals surface area contributed by atoms with Crippen LogP contribution >= 0.6 is 0 Å². The van der Waals surface area contributed by atoms with Crippen molar-refractivity contribution in [3.8, 4) is 5.69 Å². The van der Waals surface area contributed by atoms with Crippen LogP contribution in [0.4, 0.5) is 0 Å². The Balaban J connectivity index is 1.82. The lowest BCUT2D eigenvalue weighted by molar-refractivity contribution is -0.149. The second-order valence-electron chi connectivity index (χ2n) is 5.80. The first-order chi connectivity index (χ1) is 9.59. The predicted octanol–water partition coefficient (Wildman–Crippen LogP) is 2.92. The highest BCUT2D eigenvalue weighted by Gasteiger charge is 2.47. The topological polar surface area (TPSA) is 55.1 Å². The van der Waals surface area contributed by atoms with Gasteiger partial charge in [0.15, 0.2) is 0 Å². The number of aliphatic carboxylic acids is 1. The molecule has 0 saturated heterocycles. The standard InChI is InChI=1S/C16H18N2O2/c1-16(15(19)20,13-7-8-13)9-12-10-17-18(11-12)14-5-3-2-4-6-14/h2-6,10-11,13H,7-9H2,1H3,(H,19,20). The molecule has 4 heteroatoms. The molecule has 1 saturated carbocycles. The molecule has 1 fully saturated rings. The summed E-state index contributed by atoms with van der Waals surface area (Å²) in [5.41, 5.74) is 1.30. The van der Waals surface area contributed by atoms with Crippen LogP contribution in [-0.2, 0) is 11.2 Å². The van der Waals surface area contributed by atoms with Crippen molar-refractivity contribution in [3.63, 3.8) is 0 Å². The van der Waals surface area contributed by atoms with E-state index in [2.05, 4.69) is 5.10 Å². The Hall–Kier alpha value is -2.10. The van der Waals surface area contributed by atoms with Gasteiger partial charge in [0.25, 0.3) is 0 Å². The average molecular weight is 270 g/mol. The molecule has 0 spiro atoms. The van der Waals surface area contributed by atoms with Crippen molar-refractivity contribution in [2.24, 2.45) is 11.3 Å². The van der Waals surface area contributed by atoms with E-state index in [1.54, 1.807) is 10.9 Å². The second kappa shape index (κ2) is 4.78. The molecule has 1 aliphatic carbocycles. The molecule has 1 atom stereocenters. The molecule has 1 N–H and O–H groups in total. The van der Waals surface area contributed by atoms with Gasteiger partial charge in [-0.3, -0.25) is 4.79 Å². The lowest BCUT2D eigenvalue weighted by Crippen LogP contribution is -2.32. The van der Waals surface area contributed by atoms with Crippen molar-refractivity contribution in [3.05, 3.63) is 48.3 Å². The van der Waals surface area contributed by atoms with Crippen molar-refractivity contribution in [2.75, 3.05) is 0 Å². The molecule has 0 aliphatic heterocycles. The summed E-state index contributed by atoms with van der Waals surface area (Å²) >= 11 is 0. The SMILES string of the molecule is CC(Cc1cnn(-c2ccccc2)c1)(C(=O)O)C1CC1. The van der Waals surface area contributed by atoms with E-state index in [0.717, 1.165) is 24.1 Å². The van der Waals surface area contributed by atoms with Gasteiger partial charge in [-0.25, -0.2) is 4.68 Å². The predicted molar refractivity (Wildman–Crippen MR) is 75.7 cm³/mol. The quantitative estimate of drug-likeness (QED) is 0.908. The Bertz CT molecular complexity index is 616. The zero-order valence-corrected chi connectivity index (χ0v) is 11.5. The third-order valence-corrected chi connectivity index (χ3v) is 4.20. The number of aromatic nitrogens is 2. The zero-order valence-electron chi connectivity index (χ0n) is 11.5. The molecule has 2 aromatic rings. The van der Waals surface area contributed by atoms with Crippen LogP contribution in [0.3, 0.4) is 0 Å². The van der Waals surface area contributed by atoms with E-state index in [4.69, 9.17) is 0 Å². The van der Waals surface area contributed by atoms with Gasteiger partial charge in [0, 0.05) is 6.20 Å². The van der Waals surface area contributed by atoms with Gasteiger partial charge in [-0.1, -0.05) is 18.2 Å². The van der Waals surface area contributed by atoms with Crippen molar-refractivity contribution < 1.29 is 9.90 Å². The fourth-order valence-electron chi connectivity index (χ4n) is 2.71. The minimum Gasteiger partial charge on any atom is -0.481 e. The number of carboxylic acids is 1. The molecule has 20 heavy (non-hydrogen) atoms. The fourth-order valence-corrected chi connectivity index (χ4v) is 2.71. The van der Waals surface area contributed by atoms with Gasteiger partial charge >= 0.3 is 5.97 Å². The molecular weight excluding hydrogens is 252 g/mol. The van der Waals surface area contributed by atoms with Gasteiger partial charge in [-0.15, -0.1) is 0 Å². The second-order valence-corrected chi connectivity index (χ2v) is 5.80. The first-order valence-electron chi connectivity index (χ1n) is 6.92. The van der Waals surface area contributed by atoms with E-state index >= 15 is 0 Å². The highest BCUT2D eigenvalue weighted by atomic mass is 16.4. The van der Waals surface area contributed by atoms with Crippen LogP contribution in [0.25, 0.3) is 5.69 Å². The van der Waals surface area contributed by atoms with Crippen molar-refractivity contribution in [1.82, 2.24) is 9.78 Å². The summed E-state index contributed by atoms with van der Waals surface area (Å²) < 4.78 is 1.80. The number of carbonyl (C=O) groups is 1. The normalized spacial score (nSPS) is 17.6. The number of carboxylic acid groups (broad SMARTS) is 1. The van der Waals surface area contributed by atoms with Crippen LogP contribution in [0.15, 0.2) is 42.7 Å². The maximum Gasteiger partial charge on any atom is 0.309 e. The van der Waals surface area contributed by atoms with Gasteiger partial charge in [-0.05, 0) is 49.8 Å². The van der Waals surface area contributed by atoms with Gasteiger partial charge in [0.2, 0.25) is 0 Å². The Morgan fingerprint density at radius 3 is 2.70 bits per heavy atom. The average Bonchev–Trinajstić information content (AvgIpc) is 3.21. The molecular formula is C16H18N2O2. The third kappa shape index (κ3) is 2.33. The van der Waals surface area contributed by atoms with Crippen LogP contribution in [0.1, 0.15) is 25.3 Å². The highest BCUT2D eigenvalue weighted by Crippen LogP contribution is 2.47. The molecule has 1 aliphatic rings. The van der Waals surface area contributed by atoms with Crippen LogP contribution in [0.5, 0.6) is 0 Å². The maximum absolute atomic E-state index is 11.6. The van der Waals surface area contributed by atoms with Crippen molar-refractivity contribution in [1.29, 1.82) is 0 Å². The van der Waals surface area contributed by atoms with Crippen LogP contribution in [0, 0.1) is 11.3 Å². The summed E-state index contributed by atoms with van der Waals surface area (Å²) in [6.07, 6.45) is 6.29. The summed E-state index contributed by atoms with van der Waals surface area (Å²) in [6.45, 7) is 1.85. The summed E-state index contributed by atoms with van der Waals surface area (Å²) in [5, 5.41) is 13.8.